The molecule has 76 valence electrons. The van der Waals surface area contributed by atoms with Gasteiger partial charge < -0.3 is 9.47 Å². The van der Waals surface area contributed by atoms with Gasteiger partial charge in [-0.25, -0.2) is 0 Å². The van der Waals surface area contributed by atoms with Gasteiger partial charge in [0.15, 0.2) is 0 Å². The van der Waals surface area contributed by atoms with E-state index in [0.717, 1.165) is 11.5 Å². The Morgan fingerprint density at radius 2 is 1.29 bits per heavy atom. The van der Waals surface area contributed by atoms with Crippen molar-refractivity contribution in [3.05, 3.63) is 33.7 Å². The van der Waals surface area contributed by atoms with Crippen molar-refractivity contribution in [2.24, 2.45) is 0 Å². The Morgan fingerprint density at radius 3 is 1.43 bits per heavy atom. The van der Waals surface area contributed by atoms with Gasteiger partial charge in [0.1, 0.15) is 11.5 Å². The van der Waals surface area contributed by atoms with E-state index in [1.165, 1.54) is 0 Å². The number of methoxy groups -OCH3 is 2. The molecule has 2 rings (SSSR count). The van der Waals surface area contributed by atoms with Crippen LogP contribution in [0.3, 0.4) is 0 Å². The summed E-state index contributed by atoms with van der Waals surface area (Å²) in [6.07, 6.45) is 0. The predicted octanol–water partition coefficient (Wildman–Crippen LogP) is 3.51. The highest BCUT2D eigenvalue weighted by molar-refractivity contribution is 7.08. The maximum atomic E-state index is 4.86. The second-order valence-corrected chi connectivity index (χ2v) is 3.89. The molecule has 0 unspecified atom stereocenters. The highest BCUT2D eigenvalue weighted by atomic mass is 32.1. The molecule has 0 radical (unpaired) electrons. The average Bonchev–Trinajstić information content (AvgIpc) is 2.92. The molecule has 0 aliphatic carbocycles. The van der Waals surface area contributed by atoms with E-state index in [9.17, 15) is 0 Å². The van der Waals surface area contributed by atoms with Crippen LogP contribution in [0.25, 0.3) is 0 Å². The smallest absolute Gasteiger partial charge is 0.129 e. The lowest BCUT2D eigenvalue weighted by Crippen LogP contribution is -1.74. The summed E-state index contributed by atoms with van der Waals surface area (Å²) in [5.41, 5.74) is 0. The number of ether oxygens (including phenoxy) is 2. The van der Waals surface area contributed by atoms with Crippen molar-refractivity contribution in [1.82, 2.24) is 0 Å². The van der Waals surface area contributed by atoms with E-state index >= 15 is 0 Å². The summed E-state index contributed by atoms with van der Waals surface area (Å²) in [4.78, 5) is 0. The fraction of sp³-hybridized carbons (Fsp3) is 0.200. The quantitative estimate of drug-likeness (QED) is 0.783. The third kappa shape index (κ3) is 3.81. The zero-order valence-corrected chi connectivity index (χ0v) is 9.73. The molecule has 2 heterocycles. The molecule has 0 saturated heterocycles. The molecule has 2 nitrogen and oxygen atoms in total. The molecular formula is C10H12O2S2. The maximum Gasteiger partial charge on any atom is 0.129 e. The van der Waals surface area contributed by atoms with Crippen LogP contribution in [0.4, 0.5) is 0 Å². The number of hydrogen-bond acceptors (Lipinski definition) is 4. The van der Waals surface area contributed by atoms with Gasteiger partial charge in [-0.05, 0) is 22.9 Å². The highest BCUT2D eigenvalue weighted by Crippen LogP contribution is 2.13. The van der Waals surface area contributed by atoms with Crippen molar-refractivity contribution in [2.75, 3.05) is 14.2 Å². The van der Waals surface area contributed by atoms with E-state index in [4.69, 9.17) is 9.47 Å². The molecule has 2 aromatic heterocycles. The predicted molar refractivity (Wildman–Crippen MR) is 61.7 cm³/mol. The first-order valence-corrected chi connectivity index (χ1v) is 5.87. The molecule has 0 bridgehead atoms. The minimum atomic E-state index is 0.949. The van der Waals surface area contributed by atoms with Crippen molar-refractivity contribution >= 4 is 22.7 Å². The van der Waals surface area contributed by atoms with Crippen LogP contribution in [0.1, 0.15) is 0 Å². The van der Waals surface area contributed by atoms with Crippen LogP contribution in [0.2, 0.25) is 0 Å². The normalized spacial score (nSPS) is 8.71. The molecule has 0 aliphatic rings. The van der Waals surface area contributed by atoms with E-state index in [-0.39, 0.29) is 0 Å². The van der Waals surface area contributed by atoms with Crippen molar-refractivity contribution in [1.29, 1.82) is 0 Å². The van der Waals surface area contributed by atoms with Gasteiger partial charge in [-0.2, -0.15) is 0 Å². The molecule has 0 fully saturated rings. The number of hydrogen-bond donors (Lipinski definition) is 0. The molecule has 0 aliphatic heterocycles. The van der Waals surface area contributed by atoms with Gasteiger partial charge in [-0.15, -0.1) is 22.7 Å². The van der Waals surface area contributed by atoms with E-state index in [2.05, 4.69) is 0 Å². The molecule has 0 aromatic carbocycles. The van der Waals surface area contributed by atoms with Gasteiger partial charge >= 0.3 is 0 Å². The summed E-state index contributed by atoms with van der Waals surface area (Å²) >= 11 is 3.28. The zero-order chi connectivity index (χ0) is 10.2. The SMILES string of the molecule is COc1ccsc1.COc1ccsc1. The fourth-order valence-corrected chi connectivity index (χ4v) is 1.94. The first-order chi connectivity index (χ1) is 6.86. The van der Waals surface area contributed by atoms with Crippen molar-refractivity contribution in [3.8, 4) is 11.5 Å². The molecule has 14 heavy (non-hydrogen) atoms. The third-order valence-electron chi connectivity index (χ3n) is 1.46. The second-order valence-electron chi connectivity index (χ2n) is 2.33. The van der Waals surface area contributed by atoms with Gasteiger partial charge in [0.25, 0.3) is 0 Å². The Morgan fingerprint density at radius 1 is 0.857 bits per heavy atom. The lowest BCUT2D eigenvalue weighted by atomic mass is 10.6. The maximum absolute atomic E-state index is 4.86. The summed E-state index contributed by atoms with van der Waals surface area (Å²) < 4.78 is 9.73. The van der Waals surface area contributed by atoms with Crippen LogP contribution in [-0.4, -0.2) is 14.2 Å². The largest absolute Gasteiger partial charge is 0.496 e. The molecule has 0 spiro atoms. The monoisotopic (exact) mass is 228 g/mol. The van der Waals surface area contributed by atoms with Gasteiger partial charge in [0.2, 0.25) is 0 Å². The van der Waals surface area contributed by atoms with Crippen molar-refractivity contribution in [3.63, 3.8) is 0 Å². The third-order valence-corrected chi connectivity index (χ3v) is 2.78. The van der Waals surface area contributed by atoms with Crippen LogP contribution < -0.4 is 9.47 Å². The Labute approximate surface area is 91.7 Å². The summed E-state index contributed by atoms with van der Waals surface area (Å²) in [5.74, 6) is 1.90. The number of thiophene rings is 2. The fourth-order valence-electron chi connectivity index (χ4n) is 0.736. The molecular weight excluding hydrogens is 216 g/mol. The molecule has 0 amide bonds. The lowest BCUT2D eigenvalue weighted by Gasteiger charge is -1.86. The van der Waals surface area contributed by atoms with Gasteiger partial charge in [-0.1, -0.05) is 0 Å². The number of rotatable bonds is 2. The Balaban J connectivity index is 0.000000140. The van der Waals surface area contributed by atoms with Gasteiger partial charge in [-0.3, -0.25) is 0 Å². The molecule has 4 heteroatoms. The van der Waals surface area contributed by atoms with Gasteiger partial charge in [0, 0.05) is 10.8 Å². The summed E-state index contributed by atoms with van der Waals surface area (Å²) in [7, 11) is 3.34. The molecule has 0 N–H and O–H groups in total. The standard InChI is InChI=1S/2C5H6OS/c2*1-6-5-2-3-7-4-5/h2*2-4H,1H3. The van der Waals surface area contributed by atoms with Crippen LogP contribution in [0.15, 0.2) is 33.7 Å². The molecule has 0 atom stereocenters. The summed E-state index contributed by atoms with van der Waals surface area (Å²) in [6.45, 7) is 0. The van der Waals surface area contributed by atoms with E-state index in [1.807, 2.05) is 33.7 Å². The lowest BCUT2D eigenvalue weighted by molar-refractivity contribution is 0.416. The first-order valence-electron chi connectivity index (χ1n) is 3.99. The molecule has 2 aromatic rings. The first kappa shape index (κ1) is 11.1. The summed E-state index contributed by atoms with van der Waals surface area (Å²) in [6, 6.07) is 3.87. The van der Waals surface area contributed by atoms with Crippen molar-refractivity contribution < 1.29 is 9.47 Å². The van der Waals surface area contributed by atoms with Crippen LogP contribution in [0, 0.1) is 0 Å². The van der Waals surface area contributed by atoms with E-state index in [0.29, 0.717) is 0 Å². The van der Waals surface area contributed by atoms with Crippen LogP contribution >= 0.6 is 22.7 Å². The molecule has 0 saturated carbocycles. The van der Waals surface area contributed by atoms with Gasteiger partial charge in [0.05, 0.1) is 14.2 Å². The van der Waals surface area contributed by atoms with E-state index < -0.39 is 0 Å². The van der Waals surface area contributed by atoms with Crippen LogP contribution in [0.5, 0.6) is 11.5 Å². The Kier molecular flexibility index (Phi) is 5.11. The summed E-state index contributed by atoms with van der Waals surface area (Å²) in [5, 5.41) is 7.89. The Hall–Kier alpha value is -1.00. The minimum Gasteiger partial charge on any atom is -0.496 e. The average molecular weight is 228 g/mol. The van der Waals surface area contributed by atoms with Crippen LogP contribution in [-0.2, 0) is 0 Å². The topological polar surface area (TPSA) is 18.5 Å². The van der Waals surface area contributed by atoms with Crippen molar-refractivity contribution in [2.45, 2.75) is 0 Å². The highest BCUT2D eigenvalue weighted by Gasteiger charge is 1.83. The Bertz CT molecular complexity index is 280. The minimum absolute atomic E-state index is 0.949. The second kappa shape index (κ2) is 6.45. The van der Waals surface area contributed by atoms with E-state index in [1.54, 1.807) is 36.9 Å². The zero-order valence-electron chi connectivity index (χ0n) is 8.10.